The number of carbonyl (C=O) groups is 1. The van der Waals surface area contributed by atoms with E-state index in [-0.39, 0.29) is 11.7 Å². The third kappa shape index (κ3) is 3.44. The predicted octanol–water partition coefficient (Wildman–Crippen LogP) is 6.67. The van der Waals surface area contributed by atoms with Gasteiger partial charge in [-0.25, -0.2) is 9.78 Å². The van der Waals surface area contributed by atoms with Gasteiger partial charge in [-0.15, -0.1) is 0 Å². The van der Waals surface area contributed by atoms with E-state index in [1.54, 1.807) is 6.07 Å². The number of benzene rings is 2. The number of aryl methyl sites for hydroxylation is 2. The topological polar surface area (TPSA) is 72.6 Å². The van der Waals surface area contributed by atoms with Gasteiger partial charge in [-0.1, -0.05) is 30.7 Å². The first kappa shape index (κ1) is 19.6. The van der Waals surface area contributed by atoms with Crippen molar-refractivity contribution in [3.05, 3.63) is 59.2 Å². The van der Waals surface area contributed by atoms with E-state index in [1.165, 1.54) is 6.42 Å². The number of fused-ring (bicyclic) bond motifs is 2. The highest BCUT2D eigenvalue weighted by atomic mass is 16.5. The fraction of sp³-hybridized carbons (Fsp3) is 0.308. The van der Waals surface area contributed by atoms with E-state index in [1.807, 2.05) is 50.2 Å². The van der Waals surface area contributed by atoms with E-state index < -0.39 is 5.97 Å². The van der Waals surface area contributed by atoms with Crippen LogP contribution in [-0.4, -0.2) is 22.2 Å². The minimum absolute atomic E-state index is 0.124. The molecule has 0 radical (unpaired) electrons. The molecule has 1 N–H and O–H groups in total. The van der Waals surface area contributed by atoms with Crippen LogP contribution >= 0.6 is 0 Å². The zero-order chi connectivity index (χ0) is 21.5. The van der Waals surface area contributed by atoms with Crippen molar-refractivity contribution in [2.45, 2.75) is 52.1 Å². The highest BCUT2D eigenvalue weighted by Gasteiger charge is 2.23. The van der Waals surface area contributed by atoms with Gasteiger partial charge in [-0.2, -0.15) is 0 Å². The SMILES string of the molecule is Cc1c(-c2cc(C(=O)O)c3c(OC4CCCCC4)ccc(C)c3n2)oc2ccccc12. The molecule has 4 aromatic rings. The van der Waals surface area contributed by atoms with Crippen molar-refractivity contribution in [1.29, 1.82) is 0 Å². The van der Waals surface area contributed by atoms with Gasteiger partial charge in [0.15, 0.2) is 5.76 Å². The van der Waals surface area contributed by atoms with Crippen molar-refractivity contribution < 1.29 is 19.1 Å². The molecule has 2 heterocycles. The zero-order valence-electron chi connectivity index (χ0n) is 17.8. The maximum absolute atomic E-state index is 12.3. The van der Waals surface area contributed by atoms with E-state index in [2.05, 4.69) is 0 Å². The van der Waals surface area contributed by atoms with Gasteiger partial charge >= 0.3 is 5.97 Å². The van der Waals surface area contributed by atoms with Crippen LogP contribution in [0.5, 0.6) is 5.75 Å². The molecule has 5 heteroatoms. The number of ether oxygens (including phenoxy) is 1. The second kappa shape index (κ2) is 7.73. The summed E-state index contributed by atoms with van der Waals surface area (Å²) >= 11 is 0. The zero-order valence-corrected chi connectivity index (χ0v) is 17.8. The number of carboxylic acids is 1. The Morgan fingerprint density at radius 3 is 2.61 bits per heavy atom. The molecular formula is C26H25NO4. The largest absolute Gasteiger partial charge is 0.490 e. The summed E-state index contributed by atoms with van der Waals surface area (Å²) in [6.07, 6.45) is 5.65. The number of nitrogens with zero attached hydrogens (tertiary/aromatic N) is 1. The molecule has 1 aliphatic carbocycles. The Bertz CT molecular complexity index is 1300. The lowest BCUT2D eigenvalue weighted by molar-refractivity contribution is 0.0698. The van der Waals surface area contributed by atoms with E-state index >= 15 is 0 Å². The highest BCUT2D eigenvalue weighted by Crippen LogP contribution is 2.38. The molecule has 0 spiro atoms. The van der Waals surface area contributed by atoms with Crippen LogP contribution in [0.4, 0.5) is 0 Å². The van der Waals surface area contributed by atoms with Crippen molar-refractivity contribution >= 4 is 27.8 Å². The first-order valence-electron chi connectivity index (χ1n) is 10.9. The van der Waals surface area contributed by atoms with Crippen LogP contribution in [0.3, 0.4) is 0 Å². The van der Waals surface area contributed by atoms with Crippen LogP contribution in [-0.2, 0) is 0 Å². The number of para-hydroxylation sites is 1. The van der Waals surface area contributed by atoms with Crippen LogP contribution < -0.4 is 4.74 Å². The average Bonchev–Trinajstić information content (AvgIpc) is 3.12. The Kier molecular flexibility index (Phi) is 4.89. The van der Waals surface area contributed by atoms with Crippen LogP contribution in [0.2, 0.25) is 0 Å². The van der Waals surface area contributed by atoms with Crippen LogP contribution in [0.1, 0.15) is 53.6 Å². The second-order valence-corrected chi connectivity index (χ2v) is 8.39. The molecule has 5 nitrogen and oxygen atoms in total. The summed E-state index contributed by atoms with van der Waals surface area (Å²) in [5.74, 6) is 0.204. The Morgan fingerprint density at radius 1 is 1.10 bits per heavy atom. The minimum Gasteiger partial charge on any atom is -0.490 e. The summed E-state index contributed by atoms with van der Waals surface area (Å²) in [7, 11) is 0. The molecule has 5 rings (SSSR count). The van der Waals surface area contributed by atoms with Gasteiger partial charge in [0, 0.05) is 10.9 Å². The third-order valence-corrected chi connectivity index (χ3v) is 6.28. The van der Waals surface area contributed by atoms with Crippen molar-refractivity contribution in [2.24, 2.45) is 0 Å². The van der Waals surface area contributed by atoms with E-state index in [0.717, 1.165) is 47.8 Å². The smallest absolute Gasteiger partial charge is 0.336 e. The molecular weight excluding hydrogens is 390 g/mol. The molecule has 1 saturated carbocycles. The average molecular weight is 415 g/mol. The van der Waals surface area contributed by atoms with Gasteiger partial charge in [-0.05, 0) is 63.3 Å². The maximum Gasteiger partial charge on any atom is 0.336 e. The standard InChI is InChI=1S/C26H25NO4/c1-15-12-13-22(30-17-8-4-3-5-9-17)23-19(26(28)29)14-20(27-24(15)23)25-16(2)18-10-6-7-11-21(18)31-25/h6-7,10-14,17H,3-5,8-9H2,1-2H3,(H,28,29). The molecule has 31 heavy (non-hydrogen) atoms. The summed E-state index contributed by atoms with van der Waals surface area (Å²) in [6.45, 7) is 3.92. The number of hydrogen-bond acceptors (Lipinski definition) is 4. The van der Waals surface area contributed by atoms with E-state index in [9.17, 15) is 9.90 Å². The monoisotopic (exact) mass is 415 g/mol. The lowest BCUT2D eigenvalue weighted by Gasteiger charge is -2.24. The molecule has 0 saturated heterocycles. The van der Waals surface area contributed by atoms with Gasteiger partial charge < -0.3 is 14.3 Å². The van der Waals surface area contributed by atoms with Gasteiger partial charge in [0.2, 0.25) is 0 Å². The normalized spacial score (nSPS) is 14.9. The summed E-state index contributed by atoms with van der Waals surface area (Å²) in [5.41, 5.74) is 3.98. The fourth-order valence-electron chi connectivity index (χ4n) is 4.61. The van der Waals surface area contributed by atoms with Crippen molar-refractivity contribution in [2.75, 3.05) is 0 Å². The Labute approximate surface area is 180 Å². The minimum atomic E-state index is -0.999. The number of hydrogen-bond donors (Lipinski definition) is 1. The number of aromatic nitrogens is 1. The second-order valence-electron chi connectivity index (χ2n) is 8.39. The van der Waals surface area contributed by atoms with Gasteiger partial charge in [-0.3, -0.25) is 0 Å². The van der Waals surface area contributed by atoms with Crippen molar-refractivity contribution in [3.8, 4) is 17.2 Å². The molecule has 0 bridgehead atoms. The quantitative estimate of drug-likeness (QED) is 0.403. The van der Waals surface area contributed by atoms with E-state index in [0.29, 0.717) is 28.1 Å². The molecule has 0 aliphatic heterocycles. The lowest BCUT2D eigenvalue weighted by atomic mass is 9.97. The molecule has 0 amide bonds. The maximum atomic E-state index is 12.3. The highest BCUT2D eigenvalue weighted by molar-refractivity contribution is 6.07. The Morgan fingerprint density at radius 2 is 1.87 bits per heavy atom. The van der Waals surface area contributed by atoms with Crippen LogP contribution in [0.15, 0.2) is 46.9 Å². The number of carboxylic acid groups (broad SMARTS) is 1. The first-order chi connectivity index (χ1) is 15.0. The summed E-state index contributed by atoms with van der Waals surface area (Å²) in [6, 6.07) is 13.2. The number of aromatic carboxylic acids is 1. The van der Waals surface area contributed by atoms with Crippen LogP contribution in [0.25, 0.3) is 33.3 Å². The summed E-state index contributed by atoms with van der Waals surface area (Å²) in [4.78, 5) is 17.2. The third-order valence-electron chi connectivity index (χ3n) is 6.28. The number of pyridine rings is 1. The summed E-state index contributed by atoms with van der Waals surface area (Å²) in [5, 5.41) is 11.6. The van der Waals surface area contributed by atoms with Gasteiger partial charge in [0.1, 0.15) is 17.0 Å². The molecule has 1 fully saturated rings. The first-order valence-corrected chi connectivity index (χ1v) is 10.9. The van der Waals surface area contributed by atoms with Crippen LogP contribution in [0, 0.1) is 13.8 Å². The lowest BCUT2D eigenvalue weighted by Crippen LogP contribution is -2.20. The Hall–Kier alpha value is -3.34. The Balaban J connectivity index is 1.71. The molecule has 0 atom stereocenters. The predicted molar refractivity (Wildman–Crippen MR) is 121 cm³/mol. The molecule has 2 aromatic carbocycles. The molecule has 158 valence electrons. The fourth-order valence-corrected chi connectivity index (χ4v) is 4.61. The number of rotatable bonds is 4. The van der Waals surface area contributed by atoms with E-state index in [4.69, 9.17) is 14.1 Å². The molecule has 2 aromatic heterocycles. The van der Waals surface area contributed by atoms with Gasteiger partial charge in [0.25, 0.3) is 0 Å². The van der Waals surface area contributed by atoms with Gasteiger partial charge in [0.05, 0.1) is 22.6 Å². The molecule has 0 unspecified atom stereocenters. The van der Waals surface area contributed by atoms with Crippen molar-refractivity contribution in [1.82, 2.24) is 4.98 Å². The summed E-state index contributed by atoms with van der Waals surface area (Å²) < 4.78 is 12.4. The number of furan rings is 1. The molecule has 1 aliphatic rings. The van der Waals surface area contributed by atoms with Crippen molar-refractivity contribution in [3.63, 3.8) is 0 Å².